The molecule has 1 unspecified atom stereocenters. The van der Waals surface area contributed by atoms with Crippen molar-refractivity contribution in [3.05, 3.63) is 75.5 Å². The predicted molar refractivity (Wildman–Crippen MR) is 100 cm³/mol. The molecule has 0 spiro atoms. The van der Waals surface area contributed by atoms with Crippen LogP contribution in [0.2, 0.25) is 0 Å². The summed E-state index contributed by atoms with van der Waals surface area (Å²) in [6, 6.07) is 10.6. The van der Waals surface area contributed by atoms with E-state index >= 15 is 0 Å². The normalized spacial score (nSPS) is 16.0. The van der Waals surface area contributed by atoms with Gasteiger partial charge in [-0.3, -0.25) is 9.59 Å². The summed E-state index contributed by atoms with van der Waals surface area (Å²) < 4.78 is 5.93. The fourth-order valence-electron chi connectivity index (χ4n) is 3.54. The molecular weight excluding hydrogens is 344 g/mol. The summed E-state index contributed by atoms with van der Waals surface area (Å²) >= 11 is 0. The number of hydrogen-bond acceptors (Lipinski definition) is 6. The van der Waals surface area contributed by atoms with Crippen LogP contribution in [0, 0.1) is 6.92 Å². The number of carbonyl (C=O) groups is 1. The van der Waals surface area contributed by atoms with Gasteiger partial charge in [0, 0.05) is 24.6 Å². The largest absolute Gasteiger partial charge is 0.457 e. The van der Waals surface area contributed by atoms with Crippen molar-refractivity contribution in [3.8, 4) is 11.5 Å². The predicted octanol–water partition coefficient (Wildman–Crippen LogP) is 2.76. The Hall–Kier alpha value is -3.48. The molecule has 1 aromatic carbocycles. The van der Waals surface area contributed by atoms with Crippen LogP contribution >= 0.6 is 0 Å². The van der Waals surface area contributed by atoms with E-state index in [-0.39, 0.29) is 23.2 Å². The van der Waals surface area contributed by atoms with E-state index in [4.69, 9.17) is 10.5 Å². The number of nitrogens with two attached hydrogens (primary N) is 1. The maximum atomic E-state index is 12.7. The number of hydrogen-bond donors (Lipinski definition) is 2. The first kappa shape index (κ1) is 17.0. The third-order valence-corrected chi connectivity index (χ3v) is 4.67. The van der Waals surface area contributed by atoms with Crippen LogP contribution in [-0.2, 0) is 6.42 Å². The van der Waals surface area contributed by atoms with E-state index in [9.17, 15) is 9.59 Å². The molecule has 0 aliphatic heterocycles. The van der Waals surface area contributed by atoms with Crippen molar-refractivity contribution in [1.29, 1.82) is 0 Å². The van der Waals surface area contributed by atoms with Crippen LogP contribution in [0.1, 0.15) is 39.6 Å². The molecule has 136 valence electrons. The molecular formula is C20H18N4O3. The maximum Gasteiger partial charge on any atom is 0.251 e. The molecule has 0 bridgehead atoms. The number of nitrogens with zero attached hydrogens (tertiary/aromatic N) is 2. The van der Waals surface area contributed by atoms with Gasteiger partial charge in [-0.1, -0.05) is 18.2 Å². The third kappa shape index (κ3) is 3.31. The zero-order valence-electron chi connectivity index (χ0n) is 14.7. The lowest BCUT2D eigenvalue weighted by atomic mass is 9.81. The first-order valence-electron chi connectivity index (χ1n) is 8.63. The Balaban J connectivity index is 1.70. The lowest BCUT2D eigenvalue weighted by molar-refractivity contribution is 0.0961. The molecule has 3 aromatic rings. The molecule has 0 saturated carbocycles. The number of anilines is 1. The Kier molecular flexibility index (Phi) is 4.19. The Bertz CT molecular complexity index is 1090. The van der Waals surface area contributed by atoms with E-state index < -0.39 is 0 Å². The molecule has 1 aliphatic rings. The highest BCUT2D eigenvalue weighted by atomic mass is 16.5. The lowest BCUT2D eigenvalue weighted by Crippen LogP contribution is -2.23. The first-order valence-corrected chi connectivity index (χ1v) is 8.63. The molecule has 4 rings (SSSR count). The van der Waals surface area contributed by atoms with E-state index in [2.05, 4.69) is 15.0 Å². The van der Waals surface area contributed by atoms with Gasteiger partial charge in [-0.15, -0.1) is 0 Å². The van der Waals surface area contributed by atoms with Crippen molar-refractivity contribution in [1.82, 2.24) is 15.0 Å². The number of aryl methyl sites for hydroxylation is 1. The Morgan fingerprint density at radius 3 is 2.78 bits per heavy atom. The lowest BCUT2D eigenvalue weighted by Gasteiger charge is -2.25. The number of rotatable bonds is 3. The van der Waals surface area contributed by atoms with Gasteiger partial charge in [-0.2, -0.15) is 0 Å². The molecule has 0 amide bonds. The topological polar surface area (TPSA) is 111 Å². The number of Topliss-reactive ketones (excluding diaryl/α,β-unsaturated/α-hetero) is 1. The van der Waals surface area contributed by atoms with Gasteiger partial charge in [0.25, 0.3) is 5.56 Å². The zero-order chi connectivity index (χ0) is 19.0. The summed E-state index contributed by atoms with van der Waals surface area (Å²) in [5.41, 5.74) is 8.29. The number of aromatic amines is 1. The number of ether oxygens (including phenoxy) is 1. The SMILES string of the molecule is Cc1nc(N)nc2c1C(=O)CC(c1ccccc1Oc1cc[nH]c(=O)c1)C2. The zero-order valence-corrected chi connectivity index (χ0v) is 14.7. The van der Waals surface area contributed by atoms with E-state index in [0.29, 0.717) is 41.3 Å². The van der Waals surface area contributed by atoms with Crippen LogP contribution in [0.5, 0.6) is 11.5 Å². The van der Waals surface area contributed by atoms with Gasteiger partial charge >= 0.3 is 0 Å². The number of H-pyrrole nitrogens is 1. The van der Waals surface area contributed by atoms with Crippen LogP contribution in [0.4, 0.5) is 5.95 Å². The van der Waals surface area contributed by atoms with Crippen molar-refractivity contribution < 1.29 is 9.53 Å². The molecule has 1 atom stereocenters. The fraction of sp³-hybridized carbons (Fsp3) is 0.200. The number of para-hydroxylation sites is 1. The Morgan fingerprint density at radius 2 is 1.96 bits per heavy atom. The number of ketones is 1. The third-order valence-electron chi connectivity index (χ3n) is 4.67. The minimum Gasteiger partial charge on any atom is -0.457 e. The Morgan fingerprint density at radius 1 is 1.15 bits per heavy atom. The fourth-order valence-corrected chi connectivity index (χ4v) is 3.54. The molecule has 7 nitrogen and oxygen atoms in total. The van der Waals surface area contributed by atoms with E-state index in [1.165, 1.54) is 12.3 Å². The average Bonchev–Trinajstić information content (AvgIpc) is 2.61. The molecule has 2 aromatic heterocycles. The summed E-state index contributed by atoms with van der Waals surface area (Å²) in [6.45, 7) is 1.78. The summed E-state index contributed by atoms with van der Waals surface area (Å²) in [5.74, 6) is 1.15. The molecule has 27 heavy (non-hydrogen) atoms. The highest BCUT2D eigenvalue weighted by molar-refractivity contribution is 5.99. The van der Waals surface area contributed by atoms with Crippen molar-refractivity contribution in [2.24, 2.45) is 0 Å². The van der Waals surface area contributed by atoms with Crippen LogP contribution in [0.15, 0.2) is 47.4 Å². The smallest absolute Gasteiger partial charge is 0.251 e. The molecule has 0 radical (unpaired) electrons. The van der Waals surface area contributed by atoms with Crippen molar-refractivity contribution >= 4 is 11.7 Å². The van der Waals surface area contributed by atoms with Crippen molar-refractivity contribution in [3.63, 3.8) is 0 Å². The highest BCUT2D eigenvalue weighted by Gasteiger charge is 2.31. The second-order valence-electron chi connectivity index (χ2n) is 6.55. The molecule has 0 saturated heterocycles. The Labute approximate surface area is 155 Å². The molecule has 2 heterocycles. The monoisotopic (exact) mass is 362 g/mol. The van der Waals surface area contributed by atoms with Gasteiger partial charge in [0.05, 0.1) is 17.0 Å². The van der Waals surface area contributed by atoms with Gasteiger partial charge in [0.15, 0.2) is 5.78 Å². The van der Waals surface area contributed by atoms with Crippen LogP contribution in [0.25, 0.3) is 0 Å². The summed E-state index contributed by atoms with van der Waals surface area (Å²) in [4.78, 5) is 35.2. The highest BCUT2D eigenvalue weighted by Crippen LogP contribution is 2.38. The number of fused-ring (bicyclic) bond motifs is 1. The van der Waals surface area contributed by atoms with Gasteiger partial charge in [0.2, 0.25) is 5.95 Å². The summed E-state index contributed by atoms with van der Waals surface area (Å²) in [7, 11) is 0. The summed E-state index contributed by atoms with van der Waals surface area (Å²) in [6.07, 6.45) is 2.45. The van der Waals surface area contributed by atoms with E-state index in [1.54, 1.807) is 13.0 Å². The quantitative estimate of drug-likeness (QED) is 0.741. The number of nitrogens with one attached hydrogen (secondary N) is 1. The molecule has 1 aliphatic carbocycles. The number of pyridine rings is 1. The average molecular weight is 362 g/mol. The maximum absolute atomic E-state index is 12.7. The van der Waals surface area contributed by atoms with Crippen molar-refractivity contribution in [2.75, 3.05) is 5.73 Å². The molecule has 3 N–H and O–H groups in total. The number of aromatic nitrogens is 3. The molecule has 7 heteroatoms. The van der Waals surface area contributed by atoms with Gasteiger partial charge in [0.1, 0.15) is 11.5 Å². The van der Waals surface area contributed by atoms with Crippen molar-refractivity contribution in [2.45, 2.75) is 25.7 Å². The van der Waals surface area contributed by atoms with Crippen LogP contribution in [-0.4, -0.2) is 20.7 Å². The standard InChI is InChI=1S/C20H18N4O3/c1-11-19-15(24-20(21)23-11)8-12(9-16(19)25)14-4-2-3-5-17(14)27-13-6-7-22-18(26)10-13/h2-7,10,12H,8-9H2,1H3,(H,22,26)(H2,21,23,24). The van der Waals surface area contributed by atoms with E-state index in [1.807, 2.05) is 24.3 Å². The van der Waals surface area contributed by atoms with E-state index in [0.717, 1.165) is 5.56 Å². The second-order valence-corrected chi connectivity index (χ2v) is 6.55. The number of benzene rings is 1. The summed E-state index contributed by atoms with van der Waals surface area (Å²) in [5, 5.41) is 0. The second kappa shape index (κ2) is 6.68. The molecule has 0 fully saturated rings. The first-order chi connectivity index (χ1) is 13.0. The van der Waals surface area contributed by atoms with Gasteiger partial charge < -0.3 is 15.5 Å². The minimum atomic E-state index is -0.241. The number of carbonyl (C=O) groups excluding carboxylic acids is 1. The minimum absolute atomic E-state index is 0.00436. The number of nitrogen functional groups attached to an aromatic ring is 1. The van der Waals surface area contributed by atoms with Crippen LogP contribution in [0.3, 0.4) is 0 Å². The van der Waals surface area contributed by atoms with Crippen LogP contribution < -0.4 is 16.0 Å². The van der Waals surface area contributed by atoms with Gasteiger partial charge in [-0.05, 0) is 31.0 Å². The van der Waals surface area contributed by atoms with Gasteiger partial charge in [-0.25, -0.2) is 9.97 Å².